The van der Waals surface area contributed by atoms with Gasteiger partial charge in [0, 0.05) is 11.6 Å². The first kappa shape index (κ1) is 17.2. The van der Waals surface area contributed by atoms with Gasteiger partial charge in [-0.15, -0.1) is 11.3 Å². The normalized spacial score (nSPS) is 20.1. The van der Waals surface area contributed by atoms with E-state index in [2.05, 4.69) is 15.6 Å². The van der Waals surface area contributed by atoms with Crippen LogP contribution < -0.4 is 10.6 Å². The Labute approximate surface area is 136 Å². The molecule has 1 aliphatic carbocycles. The Morgan fingerprint density at radius 2 is 2.23 bits per heavy atom. The van der Waals surface area contributed by atoms with Gasteiger partial charge in [-0.1, -0.05) is 26.2 Å². The van der Waals surface area contributed by atoms with Gasteiger partial charge < -0.3 is 15.7 Å². The number of rotatable bonds is 6. The minimum absolute atomic E-state index is 0.0286. The second-order valence-corrected chi connectivity index (χ2v) is 7.27. The molecule has 1 saturated carbocycles. The van der Waals surface area contributed by atoms with E-state index in [1.807, 2.05) is 19.2 Å². The number of amides is 2. The zero-order valence-electron chi connectivity index (χ0n) is 13.5. The van der Waals surface area contributed by atoms with E-state index in [9.17, 15) is 9.90 Å². The van der Waals surface area contributed by atoms with Crippen LogP contribution in [0.4, 0.5) is 4.79 Å². The van der Waals surface area contributed by atoms with Crippen LogP contribution in [-0.4, -0.2) is 28.3 Å². The van der Waals surface area contributed by atoms with Crippen molar-refractivity contribution in [3.8, 4) is 0 Å². The summed E-state index contributed by atoms with van der Waals surface area (Å²) in [6.45, 7) is 3.95. The molecule has 0 aromatic carbocycles. The third-order valence-corrected chi connectivity index (χ3v) is 5.59. The van der Waals surface area contributed by atoms with E-state index in [-0.39, 0.29) is 18.7 Å². The molecule has 0 spiro atoms. The number of carbonyl (C=O) groups excluding carboxylic acids is 1. The number of carbonyl (C=O) groups is 1. The average Bonchev–Trinajstić information content (AvgIpc) is 3.07. The van der Waals surface area contributed by atoms with Crippen molar-refractivity contribution in [1.82, 2.24) is 15.6 Å². The van der Waals surface area contributed by atoms with E-state index < -0.39 is 5.54 Å². The second-order valence-electron chi connectivity index (χ2n) is 6.34. The number of urea groups is 1. The smallest absolute Gasteiger partial charge is 0.315 e. The molecule has 0 saturated heterocycles. The molecule has 5 nitrogen and oxygen atoms in total. The van der Waals surface area contributed by atoms with Crippen molar-refractivity contribution < 1.29 is 9.90 Å². The molecule has 1 aromatic rings. The lowest BCUT2D eigenvalue weighted by Gasteiger charge is -2.39. The fourth-order valence-electron chi connectivity index (χ4n) is 3.21. The van der Waals surface area contributed by atoms with Gasteiger partial charge in [-0.05, 0) is 32.1 Å². The van der Waals surface area contributed by atoms with Crippen LogP contribution in [-0.2, 0) is 0 Å². The molecule has 6 heteroatoms. The molecule has 2 unspecified atom stereocenters. The van der Waals surface area contributed by atoms with Crippen LogP contribution in [0.2, 0.25) is 0 Å². The Kier molecular flexibility index (Phi) is 6.20. The molecule has 0 bridgehead atoms. The first-order valence-corrected chi connectivity index (χ1v) is 9.06. The van der Waals surface area contributed by atoms with Gasteiger partial charge in [-0.3, -0.25) is 0 Å². The Morgan fingerprint density at radius 1 is 1.50 bits per heavy atom. The van der Waals surface area contributed by atoms with Crippen molar-refractivity contribution >= 4 is 17.4 Å². The lowest BCUT2D eigenvalue weighted by Crippen LogP contribution is -2.57. The Hall–Kier alpha value is -1.14. The van der Waals surface area contributed by atoms with Crippen LogP contribution >= 0.6 is 11.3 Å². The third-order valence-electron chi connectivity index (χ3n) is 4.70. The predicted octanol–water partition coefficient (Wildman–Crippen LogP) is 3.22. The lowest BCUT2D eigenvalue weighted by atomic mass is 9.76. The molecule has 2 rings (SSSR count). The maximum Gasteiger partial charge on any atom is 0.315 e. The van der Waals surface area contributed by atoms with Crippen molar-refractivity contribution in [2.75, 3.05) is 6.61 Å². The van der Waals surface area contributed by atoms with Gasteiger partial charge in [-0.25, -0.2) is 9.78 Å². The molecule has 0 radical (unpaired) electrons. The fraction of sp³-hybridized carbons (Fsp3) is 0.750. The van der Waals surface area contributed by atoms with E-state index >= 15 is 0 Å². The molecular weight excluding hydrogens is 298 g/mol. The van der Waals surface area contributed by atoms with Crippen LogP contribution in [0.15, 0.2) is 11.6 Å². The van der Waals surface area contributed by atoms with Gasteiger partial charge in [0.05, 0.1) is 18.2 Å². The Balaban J connectivity index is 1.96. The summed E-state index contributed by atoms with van der Waals surface area (Å²) < 4.78 is 0. The Bertz CT molecular complexity index is 460. The van der Waals surface area contributed by atoms with Crippen LogP contribution in [0.25, 0.3) is 0 Å². The van der Waals surface area contributed by atoms with Crippen molar-refractivity contribution in [3.63, 3.8) is 0 Å². The molecule has 1 fully saturated rings. The highest BCUT2D eigenvalue weighted by molar-refractivity contribution is 7.09. The van der Waals surface area contributed by atoms with E-state index in [0.29, 0.717) is 5.92 Å². The molecule has 1 aromatic heterocycles. The predicted molar refractivity (Wildman–Crippen MR) is 88.9 cm³/mol. The van der Waals surface area contributed by atoms with Gasteiger partial charge in [0.15, 0.2) is 0 Å². The topological polar surface area (TPSA) is 74.2 Å². The largest absolute Gasteiger partial charge is 0.394 e. The van der Waals surface area contributed by atoms with Crippen LogP contribution in [0, 0.1) is 5.92 Å². The first-order valence-electron chi connectivity index (χ1n) is 8.18. The van der Waals surface area contributed by atoms with Gasteiger partial charge in [0.1, 0.15) is 5.01 Å². The maximum atomic E-state index is 12.4. The maximum absolute atomic E-state index is 12.4. The summed E-state index contributed by atoms with van der Waals surface area (Å²) in [7, 11) is 0. The fourth-order valence-corrected chi connectivity index (χ4v) is 3.98. The molecule has 124 valence electrons. The lowest BCUT2D eigenvalue weighted by molar-refractivity contribution is 0.100. The molecule has 0 aliphatic heterocycles. The van der Waals surface area contributed by atoms with Crippen LogP contribution in [0.1, 0.15) is 63.4 Å². The number of hydrogen-bond acceptors (Lipinski definition) is 4. The number of aliphatic hydroxyl groups is 1. The van der Waals surface area contributed by atoms with Crippen LogP contribution in [0.5, 0.6) is 0 Å². The standard InChI is InChI=1S/C16H27N3O2S/c1-3-13(14-17-9-10-22-14)18-15(21)19-16(2,11-20)12-7-5-4-6-8-12/h9-10,12-13,20H,3-8,11H2,1-2H3,(H2,18,19,21). The highest BCUT2D eigenvalue weighted by Crippen LogP contribution is 2.32. The highest BCUT2D eigenvalue weighted by atomic mass is 32.1. The minimum Gasteiger partial charge on any atom is -0.394 e. The average molecular weight is 325 g/mol. The van der Waals surface area contributed by atoms with E-state index in [4.69, 9.17) is 0 Å². The number of aromatic nitrogens is 1. The SMILES string of the molecule is CCC(NC(=O)NC(C)(CO)C1CCCCC1)c1nccs1. The van der Waals surface area contributed by atoms with Crippen molar-refractivity contribution in [3.05, 3.63) is 16.6 Å². The third kappa shape index (κ3) is 4.20. The van der Waals surface area contributed by atoms with E-state index in [0.717, 1.165) is 24.3 Å². The van der Waals surface area contributed by atoms with Crippen molar-refractivity contribution in [2.45, 2.75) is 64.0 Å². The molecular formula is C16H27N3O2S. The van der Waals surface area contributed by atoms with Gasteiger partial charge in [0.25, 0.3) is 0 Å². The highest BCUT2D eigenvalue weighted by Gasteiger charge is 2.36. The zero-order chi connectivity index (χ0) is 16.0. The van der Waals surface area contributed by atoms with Crippen molar-refractivity contribution in [1.29, 1.82) is 0 Å². The molecule has 1 heterocycles. The Morgan fingerprint density at radius 3 is 2.77 bits per heavy atom. The number of nitrogens with one attached hydrogen (secondary N) is 2. The summed E-state index contributed by atoms with van der Waals surface area (Å²) in [6.07, 6.45) is 8.30. The number of aliphatic hydroxyl groups excluding tert-OH is 1. The van der Waals surface area contributed by atoms with E-state index in [1.165, 1.54) is 19.3 Å². The summed E-state index contributed by atoms with van der Waals surface area (Å²) in [6, 6.07) is -0.293. The number of nitrogens with zero attached hydrogens (tertiary/aromatic N) is 1. The minimum atomic E-state index is -0.550. The summed E-state index contributed by atoms with van der Waals surface area (Å²) in [5.74, 6) is 0.344. The van der Waals surface area contributed by atoms with Gasteiger partial charge in [-0.2, -0.15) is 0 Å². The molecule has 2 amide bonds. The first-order chi connectivity index (χ1) is 10.6. The summed E-state index contributed by atoms with van der Waals surface area (Å²) in [4.78, 5) is 16.6. The monoisotopic (exact) mass is 325 g/mol. The number of hydrogen-bond donors (Lipinski definition) is 3. The molecule has 22 heavy (non-hydrogen) atoms. The summed E-state index contributed by atoms with van der Waals surface area (Å²) >= 11 is 1.55. The summed E-state index contributed by atoms with van der Waals surface area (Å²) in [5, 5.41) is 18.6. The second kappa shape index (κ2) is 7.92. The number of thiazole rings is 1. The van der Waals surface area contributed by atoms with Crippen LogP contribution in [0.3, 0.4) is 0 Å². The zero-order valence-corrected chi connectivity index (χ0v) is 14.3. The quantitative estimate of drug-likeness (QED) is 0.752. The van der Waals surface area contributed by atoms with Crippen molar-refractivity contribution in [2.24, 2.45) is 5.92 Å². The summed E-state index contributed by atoms with van der Waals surface area (Å²) in [5.41, 5.74) is -0.550. The van der Waals surface area contributed by atoms with E-state index in [1.54, 1.807) is 17.5 Å². The molecule has 1 aliphatic rings. The van der Waals surface area contributed by atoms with Gasteiger partial charge in [0.2, 0.25) is 0 Å². The molecule has 3 N–H and O–H groups in total. The van der Waals surface area contributed by atoms with Gasteiger partial charge >= 0.3 is 6.03 Å². The molecule has 2 atom stereocenters.